The minimum atomic E-state index is -0.317. The van der Waals surface area contributed by atoms with Gasteiger partial charge in [0.05, 0.1) is 11.6 Å². The Morgan fingerprint density at radius 3 is 2.77 bits per heavy atom. The van der Waals surface area contributed by atoms with Gasteiger partial charge in [0.15, 0.2) is 0 Å². The van der Waals surface area contributed by atoms with Gasteiger partial charge in [-0.2, -0.15) is 0 Å². The summed E-state index contributed by atoms with van der Waals surface area (Å²) in [5.41, 5.74) is 6.22. The minimum Gasteiger partial charge on any atom is -0.497 e. The molecule has 2 N–H and O–H groups in total. The van der Waals surface area contributed by atoms with E-state index in [9.17, 15) is 4.39 Å². The van der Waals surface area contributed by atoms with Crippen molar-refractivity contribution in [1.82, 2.24) is 0 Å². The Morgan fingerprint density at radius 2 is 2.23 bits per heavy atom. The largest absolute Gasteiger partial charge is 0.497 e. The molecule has 0 aliphatic carbocycles. The molecule has 2 nitrogen and oxygen atoms in total. The molecule has 0 amide bonds. The molecule has 0 aliphatic rings. The lowest BCUT2D eigenvalue weighted by molar-refractivity contribution is 0.410. The lowest BCUT2D eigenvalue weighted by Gasteiger charge is -2.07. The summed E-state index contributed by atoms with van der Waals surface area (Å²) in [7, 11) is 1.51. The van der Waals surface area contributed by atoms with Gasteiger partial charge in [0.2, 0.25) is 0 Å². The second-order valence-electron chi connectivity index (χ2n) is 2.62. The van der Waals surface area contributed by atoms with Gasteiger partial charge in [0, 0.05) is 6.07 Å². The first-order chi connectivity index (χ1) is 6.19. The fraction of sp³-hybridized carbons (Fsp3) is 0.333. The molecular formula is C9H11BrFNO. The van der Waals surface area contributed by atoms with E-state index in [0.717, 1.165) is 5.56 Å². The topological polar surface area (TPSA) is 35.2 Å². The smallest absolute Gasteiger partial charge is 0.141 e. The Hall–Kier alpha value is -0.610. The Labute approximate surface area is 85.0 Å². The van der Waals surface area contributed by atoms with Crippen LogP contribution in [0.4, 0.5) is 4.39 Å². The zero-order chi connectivity index (χ0) is 9.84. The summed E-state index contributed by atoms with van der Waals surface area (Å²) in [4.78, 5) is 0. The molecule has 4 heteroatoms. The van der Waals surface area contributed by atoms with Gasteiger partial charge in [-0.05, 0) is 40.5 Å². The highest BCUT2D eigenvalue weighted by molar-refractivity contribution is 9.10. The van der Waals surface area contributed by atoms with E-state index in [2.05, 4.69) is 15.9 Å². The molecule has 0 aliphatic heterocycles. The van der Waals surface area contributed by atoms with Crippen molar-refractivity contribution in [2.24, 2.45) is 5.73 Å². The van der Waals surface area contributed by atoms with Crippen LogP contribution in [0.25, 0.3) is 0 Å². The molecule has 0 bridgehead atoms. The second-order valence-corrected chi connectivity index (χ2v) is 3.41. The van der Waals surface area contributed by atoms with Crippen molar-refractivity contribution >= 4 is 15.9 Å². The first-order valence-electron chi connectivity index (χ1n) is 3.91. The van der Waals surface area contributed by atoms with Crippen LogP contribution < -0.4 is 10.5 Å². The Kier molecular flexibility index (Phi) is 3.69. The molecule has 0 spiro atoms. The van der Waals surface area contributed by atoms with E-state index < -0.39 is 0 Å². The SMILES string of the molecule is COc1cc(F)c(Br)c(CCN)c1. The first kappa shape index (κ1) is 10.5. The molecule has 0 fully saturated rings. The van der Waals surface area contributed by atoms with Crippen LogP contribution in [0.3, 0.4) is 0 Å². The molecule has 0 saturated heterocycles. The molecular weight excluding hydrogens is 237 g/mol. The van der Waals surface area contributed by atoms with Gasteiger partial charge in [-0.3, -0.25) is 0 Å². The van der Waals surface area contributed by atoms with Crippen molar-refractivity contribution in [3.05, 3.63) is 28.0 Å². The monoisotopic (exact) mass is 247 g/mol. The average molecular weight is 248 g/mol. The molecule has 0 radical (unpaired) electrons. The van der Waals surface area contributed by atoms with Crippen molar-refractivity contribution in [1.29, 1.82) is 0 Å². The van der Waals surface area contributed by atoms with Gasteiger partial charge in [-0.15, -0.1) is 0 Å². The van der Waals surface area contributed by atoms with Gasteiger partial charge in [0.1, 0.15) is 11.6 Å². The number of hydrogen-bond acceptors (Lipinski definition) is 2. The molecule has 0 heterocycles. The second kappa shape index (κ2) is 4.58. The fourth-order valence-corrected chi connectivity index (χ4v) is 1.50. The van der Waals surface area contributed by atoms with E-state index in [1.165, 1.54) is 13.2 Å². The molecule has 1 rings (SSSR count). The fourth-order valence-electron chi connectivity index (χ4n) is 1.07. The van der Waals surface area contributed by atoms with Gasteiger partial charge in [0.25, 0.3) is 0 Å². The molecule has 1 aromatic carbocycles. The number of nitrogens with two attached hydrogens (primary N) is 1. The van der Waals surface area contributed by atoms with Crippen LogP contribution in [0.15, 0.2) is 16.6 Å². The standard InChI is InChI=1S/C9H11BrFNO/c1-13-7-4-6(2-3-12)9(10)8(11)5-7/h4-5H,2-3,12H2,1H3. The van der Waals surface area contributed by atoms with E-state index >= 15 is 0 Å². The van der Waals surface area contributed by atoms with Crippen LogP contribution in [0.2, 0.25) is 0 Å². The molecule has 0 aromatic heterocycles. The Balaban J connectivity index is 3.09. The van der Waals surface area contributed by atoms with Crippen molar-refractivity contribution < 1.29 is 9.13 Å². The van der Waals surface area contributed by atoms with Crippen LogP contribution in [-0.2, 0) is 6.42 Å². The maximum Gasteiger partial charge on any atom is 0.141 e. The van der Waals surface area contributed by atoms with Gasteiger partial charge in [-0.1, -0.05) is 0 Å². The summed E-state index contributed by atoms with van der Waals surface area (Å²) >= 11 is 3.16. The van der Waals surface area contributed by atoms with Crippen molar-refractivity contribution in [2.75, 3.05) is 13.7 Å². The van der Waals surface area contributed by atoms with Gasteiger partial charge < -0.3 is 10.5 Å². The number of ether oxygens (including phenoxy) is 1. The highest BCUT2D eigenvalue weighted by Crippen LogP contribution is 2.26. The normalized spacial score (nSPS) is 10.2. The highest BCUT2D eigenvalue weighted by atomic mass is 79.9. The Morgan fingerprint density at radius 1 is 1.54 bits per heavy atom. The lowest BCUT2D eigenvalue weighted by atomic mass is 10.1. The summed E-state index contributed by atoms with van der Waals surface area (Å²) in [6.45, 7) is 0.491. The van der Waals surface area contributed by atoms with Crippen molar-refractivity contribution in [3.8, 4) is 5.75 Å². The van der Waals surface area contributed by atoms with Crippen LogP contribution >= 0.6 is 15.9 Å². The summed E-state index contributed by atoms with van der Waals surface area (Å²) < 4.78 is 18.6. The van der Waals surface area contributed by atoms with Crippen molar-refractivity contribution in [3.63, 3.8) is 0 Å². The first-order valence-corrected chi connectivity index (χ1v) is 4.70. The third-order valence-corrected chi connectivity index (χ3v) is 2.61. The molecule has 72 valence electrons. The van der Waals surface area contributed by atoms with E-state index in [-0.39, 0.29) is 5.82 Å². The third-order valence-electron chi connectivity index (χ3n) is 1.73. The van der Waals surface area contributed by atoms with Crippen LogP contribution in [0, 0.1) is 5.82 Å². The summed E-state index contributed by atoms with van der Waals surface area (Å²) in [5.74, 6) is 0.201. The molecule has 0 saturated carbocycles. The van der Waals surface area contributed by atoms with Crippen LogP contribution in [-0.4, -0.2) is 13.7 Å². The van der Waals surface area contributed by atoms with Crippen molar-refractivity contribution in [2.45, 2.75) is 6.42 Å². The number of hydrogen-bond donors (Lipinski definition) is 1. The van der Waals surface area contributed by atoms with E-state index in [1.54, 1.807) is 6.07 Å². The highest BCUT2D eigenvalue weighted by Gasteiger charge is 2.07. The quantitative estimate of drug-likeness (QED) is 0.888. The zero-order valence-corrected chi connectivity index (χ0v) is 8.90. The average Bonchev–Trinajstić information content (AvgIpc) is 2.13. The van der Waals surface area contributed by atoms with Gasteiger partial charge in [-0.25, -0.2) is 4.39 Å². The van der Waals surface area contributed by atoms with Crippen LogP contribution in [0.5, 0.6) is 5.75 Å². The van der Waals surface area contributed by atoms with E-state index in [1.807, 2.05) is 0 Å². The van der Waals surface area contributed by atoms with E-state index in [0.29, 0.717) is 23.2 Å². The van der Waals surface area contributed by atoms with Gasteiger partial charge >= 0.3 is 0 Å². The third kappa shape index (κ3) is 2.42. The minimum absolute atomic E-state index is 0.317. The maximum atomic E-state index is 13.2. The zero-order valence-electron chi connectivity index (χ0n) is 7.31. The number of halogens is 2. The summed E-state index contributed by atoms with van der Waals surface area (Å²) in [6, 6.07) is 3.12. The predicted octanol–water partition coefficient (Wildman–Crippen LogP) is 2.10. The molecule has 1 aromatic rings. The molecule has 0 unspecified atom stereocenters. The Bertz CT molecular complexity index is 304. The number of methoxy groups -OCH3 is 1. The molecule has 13 heavy (non-hydrogen) atoms. The number of benzene rings is 1. The predicted molar refractivity (Wildman–Crippen MR) is 53.4 cm³/mol. The summed E-state index contributed by atoms with van der Waals surface area (Å²) in [5, 5.41) is 0. The van der Waals surface area contributed by atoms with Crippen LogP contribution in [0.1, 0.15) is 5.56 Å². The lowest BCUT2D eigenvalue weighted by Crippen LogP contribution is -2.04. The number of rotatable bonds is 3. The molecule has 0 atom stereocenters. The summed E-state index contributed by atoms with van der Waals surface area (Å²) in [6.07, 6.45) is 0.634. The maximum absolute atomic E-state index is 13.2. The van der Waals surface area contributed by atoms with E-state index in [4.69, 9.17) is 10.5 Å².